The number of carbonyl (C=O) groups excluding carboxylic acids is 1. The van der Waals surface area contributed by atoms with Gasteiger partial charge in [-0.1, -0.05) is 12.8 Å². The maximum Gasteiger partial charge on any atom is 0.227 e. The summed E-state index contributed by atoms with van der Waals surface area (Å²) in [6, 6.07) is 8.22. The molecule has 4 rings (SSSR count). The molecule has 0 fully saturated rings. The second-order valence-electron chi connectivity index (χ2n) is 8.94. The fraction of sp³-hybridized carbons (Fsp3) is 0.519. The Hall–Kier alpha value is -2.89. The van der Waals surface area contributed by atoms with Crippen LogP contribution in [0.2, 0.25) is 0 Å². The highest BCUT2D eigenvalue weighted by molar-refractivity contribution is 5.80. The van der Waals surface area contributed by atoms with E-state index in [-0.39, 0.29) is 5.91 Å². The Morgan fingerprint density at radius 3 is 2.06 bits per heavy atom. The highest BCUT2D eigenvalue weighted by atomic mass is 16.5. The van der Waals surface area contributed by atoms with Gasteiger partial charge in [0.05, 0.1) is 34.9 Å². The zero-order valence-corrected chi connectivity index (χ0v) is 20.2. The molecule has 1 aliphatic heterocycles. The van der Waals surface area contributed by atoms with Crippen molar-refractivity contribution in [2.75, 3.05) is 41.5 Å². The molecule has 6 nitrogen and oxygen atoms in total. The van der Waals surface area contributed by atoms with E-state index in [9.17, 15) is 4.79 Å². The van der Waals surface area contributed by atoms with Gasteiger partial charge in [-0.05, 0) is 78.1 Å². The number of hydrogen-bond donors (Lipinski definition) is 0. The molecular formula is C27H35NO5. The summed E-state index contributed by atoms with van der Waals surface area (Å²) < 4.78 is 21.7. The first-order chi connectivity index (χ1) is 16.1. The van der Waals surface area contributed by atoms with E-state index in [1.807, 2.05) is 17.0 Å². The molecule has 0 radical (unpaired) electrons. The van der Waals surface area contributed by atoms with Crippen LogP contribution < -0.4 is 18.9 Å². The fourth-order valence-electron chi connectivity index (χ4n) is 5.12. The fourth-order valence-corrected chi connectivity index (χ4v) is 5.12. The van der Waals surface area contributed by atoms with Crippen LogP contribution in [0.4, 0.5) is 0 Å². The van der Waals surface area contributed by atoms with Gasteiger partial charge in [0.25, 0.3) is 0 Å². The van der Waals surface area contributed by atoms with E-state index in [0.717, 1.165) is 61.6 Å². The molecule has 2 aromatic rings. The second-order valence-corrected chi connectivity index (χ2v) is 8.94. The standard InChI is InChI=1S/C27H35NO5/c1-30-23-13-18-9-11-28(27(29)16-20(18)14-24(23)31-2)10-7-5-6-8-19-12-21-15-25(32-3)26(33-4)17-22(19)21/h13-15,17,19H,5-12,16H2,1-4H3. The normalized spacial score (nSPS) is 16.9. The van der Waals surface area contributed by atoms with Gasteiger partial charge in [0, 0.05) is 13.1 Å². The Labute approximate surface area is 196 Å². The molecule has 6 heteroatoms. The summed E-state index contributed by atoms with van der Waals surface area (Å²) in [5.74, 6) is 3.86. The maximum atomic E-state index is 12.8. The molecule has 1 atom stereocenters. The van der Waals surface area contributed by atoms with Crippen LogP contribution >= 0.6 is 0 Å². The van der Waals surface area contributed by atoms with Crippen molar-refractivity contribution in [2.24, 2.45) is 0 Å². The van der Waals surface area contributed by atoms with Crippen LogP contribution in [0.25, 0.3) is 0 Å². The molecule has 0 N–H and O–H groups in total. The molecule has 1 heterocycles. The highest BCUT2D eigenvalue weighted by Crippen LogP contribution is 2.44. The number of benzene rings is 2. The lowest BCUT2D eigenvalue weighted by Crippen LogP contribution is -2.33. The van der Waals surface area contributed by atoms with Crippen molar-refractivity contribution in [1.82, 2.24) is 4.90 Å². The monoisotopic (exact) mass is 453 g/mol. The van der Waals surface area contributed by atoms with Gasteiger partial charge in [-0.2, -0.15) is 0 Å². The minimum atomic E-state index is 0.204. The summed E-state index contributed by atoms with van der Waals surface area (Å²) in [6.45, 7) is 1.59. The Kier molecular flexibility index (Phi) is 7.31. The van der Waals surface area contributed by atoms with E-state index in [4.69, 9.17) is 18.9 Å². The van der Waals surface area contributed by atoms with Gasteiger partial charge in [0.15, 0.2) is 23.0 Å². The Morgan fingerprint density at radius 1 is 0.788 bits per heavy atom. The van der Waals surface area contributed by atoms with Crippen LogP contribution in [0.5, 0.6) is 23.0 Å². The number of nitrogens with zero attached hydrogens (tertiary/aromatic N) is 1. The summed E-state index contributed by atoms with van der Waals surface area (Å²) in [5.41, 5.74) is 5.01. The van der Waals surface area contributed by atoms with Crippen LogP contribution in [-0.2, 0) is 24.1 Å². The first-order valence-corrected chi connectivity index (χ1v) is 11.8. The predicted molar refractivity (Wildman–Crippen MR) is 128 cm³/mol. The zero-order chi connectivity index (χ0) is 23.4. The van der Waals surface area contributed by atoms with E-state index in [1.54, 1.807) is 28.4 Å². The largest absolute Gasteiger partial charge is 0.493 e. The number of carbonyl (C=O) groups is 1. The molecule has 0 aromatic heterocycles. The zero-order valence-electron chi connectivity index (χ0n) is 20.2. The van der Waals surface area contributed by atoms with E-state index < -0.39 is 0 Å². The number of amides is 1. The average Bonchev–Trinajstić information content (AvgIpc) is 2.97. The predicted octanol–water partition coefficient (Wildman–Crippen LogP) is 4.55. The smallest absolute Gasteiger partial charge is 0.227 e. The molecular weight excluding hydrogens is 418 g/mol. The van der Waals surface area contributed by atoms with Gasteiger partial charge < -0.3 is 23.8 Å². The Morgan fingerprint density at radius 2 is 1.39 bits per heavy atom. The van der Waals surface area contributed by atoms with Crippen molar-refractivity contribution >= 4 is 5.91 Å². The summed E-state index contributed by atoms with van der Waals surface area (Å²) in [7, 11) is 6.65. The molecule has 1 unspecified atom stereocenters. The van der Waals surface area contributed by atoms with E-state index in [0.29, 0.717) is 18.1 Å². The third-order valence-corrected chi connectivity index (χ3v) is 7.08. The topological polar surface area (TPSA) is 57.2 Å². The summed E-state index contributed by atoms with van der Waals surface area (Å²) in [6.07, 6.45) is 6.94. The van der Waals surface area contributed by atoms with Crippen molar-refractivity contribution in [3.63, 3.8) is 0 Å². The van der Waals surface area contributed by atoms with Crippen molar-refractivity contribution in [2.45, 2.75) is 50.9 Å². The highest BCUT2D eigenvalue weighted by Gasteiger charge is 2.28. The van der Waals surface area contributed by atoms with Crippen LogP contribution in [-0.4, -0.2) is 52.3 Å². The van der Waals surface area contributed by atoms with Crippen LogP contribution in [0.1, 0.15) is 53.9 Å². The third-order valence-electron chi connectivity index (χ3n) is 7.08. The number of ether oxygens (including phenoxy) is 4. The first-order valence-electron chi connectivity index (χ1n) is 11.8. The van der Waals surface area contributed by atoms with Gasteiger partial charge in [0.1, 0.15) is 0 Å². The van der Waals surface area contributed by atoms with Gasteiger partial charge in [-0.25, -0.2) is 0 Å². The van der Waals surface area contributed by atoms with Crippen molar-refractivity contribution < 1.29 is 23.7 Å². The lowest BCUT2D eigenvalue weighted by Gasteiger charge is -2.31. The van der Waals surface area contributed by atoms with Gasteiger partial charge in [0.2, 0.25) is 5.91 Å². The summed E-state index contributed by atoms with van der Waals surface area (Å²) >= 11 is 0. The van der Waals surface area contributed by atoms with Gasteiger partial charge in [-0.15, -0.1) is 0 Å². The second kappa shape index (κ2) is 10.4. The van der Waals surface area contributed by atoms with Gasteiger partial charge >= 0.3 is 0 Å². The number of fused-ring (bicyclic) bond motifs is 2. The molecule has 2 aromatic carbocycles. The van der Waals surface area contributed by atoms with E-state index in [2.05, 4.69) is 12.1 Å². The summed E-state index contributed by atoms with van der Waals surface area (Å²) in [4.78, 5) is 14.9. The molecule has 0 saturated carbocycles. The number of hydrogen-bond acceptors (Lipinski definition) is 5. The number of methoxy groups -OCH3 is 4. The minimum Gasteiger partial charge on any atom is -0.493 e. The quantitative estimate of drug-likeness (QED) is 0.494. The maximum absolute atomic E-state index is 12.8. The lowest BCUT2D eigenvalue weighted by atomic mass is 9.74. The van der Waals surface area contributed by atoms with Crippen molar-refractivity contribution in [3.8, 4) is 23.0 Å². The molecule has 0 spiro atoms. The number of rotatable bonds is 10. The molecule has 2 aliphatic rings. The van der Waals surface area contributed by atoms with Gasteiger partial charge in [-0.3, -0.25) is 4.79 Å². The minimum absolute atomic E-state index is 0.204. The average molecular weight is 454 g/mol. The molecule has 1 amide bonds. The summed E-state index contributed by atoms with van der Waals surface area (Å²) in [5, 5.41) is 0. The van der Waals surface area contributed by atoms with E-state index >= 15 is 0 Å². The van der Waals surface area contributed by atoms with Crippen LogP contribution in [0.3, 0.4) is 0 Å². The molecule has 178 valence electrons. The Balaban J connectivity index is 1.24. The van der Waals surface area contributed by atoms with Crippen molar-refractivity contribution in [1.29, 1.82) is 0 Å². The molecule has 1 aliphatic carbocycles. The molecule has 33 heavy (non-hydrogen) atoms. The lowest BCUT2D eigenvalue weighted by molar-refractivity contribution is -0.130. The van der Waals surface area contributed by atoms with Crippen molar-refractivity contribution in [3.05, 3.63) is 46.5 Å². The van der Waals surface area contributed by atoms with E-state index in [1.165, 1.54) is 29.5 Å². The SMILES string of the molecule is COc1cc2c(cc1OC)CC(=O)N(CCCCCC1Cc3cc(OC)c(OC)cc31)CC2. The Bertz CT molecular complexity index is 1000. The third kappa shape index (κ3) is 4.90. The molecule has 0 saturated heterocycles. The van der Waals surface area contributed by atoms with Crippen LogP contribution in [0, 0.1) is 0 Å². The molecule has 0 bridgehead atoms. The van der Waals surface area contributed by atoms with Crippen LogP contribution in [0.15, 0.2) is 24.3 Å². The first kappa shape index (κ1) is 23.3. The number of unbranched alkanes of at least 4 members (excludes halogenated alkanes) is 2.